The van der Waals surface area contributed by atoms with Crippen LogP contribution in [-0.4, -0.2) is 24.2 Å². The molecule has 13 heavy (non-hydrogen) atoms. The van der Waals surface area contributed by atoms with Gasteiger partial charge >= 0.3 is 7.82 Å². The minimum absolute atomic E-state index is 0.0686. The third-order valence-electron chi connectivity index (χ3n) is 1.94. The van der Waals surface area contributed by atoms with E-state index in [0.29, 0.717) is 12.2 Å². The van der Waals surface area contributed by atoms with E-state index in [9.17, 15) is 4.57 Å². The van der Waals surface area contributed by atoms with Crippen molar-refractivity contribution in [3.8, 4) is 0 Å². The van der Waals surface area contributed by atoms with Crippen LogP contribution in [-0.2, 0) is 9.09 Å². The highest BCUT2D eigenvalue weighted by molar-refractivity contribution is 7.46. The Morgan fingerprint density at radius 1 is 1.46 bits per heavy atom. The summed E-state index contributed by atoms with van der Waals surface area (Å²) in [6.07, 6.45) is 1.23. The second-order valence-electron chi connectivity index (χ2n) is 3.37. The van der Waals surface area contributed by atoms with Crippen LogP contribution in [0.5, 0.6) is 0 Å². The van der Waals surface area contributed by atoms with Gasteiger partial charge in [-0.3, -0.25) is 4.52 Å². The zero-order valence-electron chi connectivity index (χ0n) is 8.01. The van der Waals surface area contributed by atoms with Crippen molar-refractivity contribution in [3.05, 3.63) is 0 Å². The van der Waals surface area contributed by atoms with Crippen LogP contribution in [0.2, 0.25) is 6.32 Å². The summed E-state index contributed by atoms with van der Waals surface area (Å²) in [5.74, 6) is 0.424. The third kappa shape index (κ3) is 7.26. The Labute approximate surface area is 80.3 Å². The molecule has 6 heteroatoms. The van der Waals surface area contributed by atoms with Gasteiger partial charge in [-0.05, 0) is 11.8 Å². The highest BCUT2D eigenvalue weighted by atomic mass is 31.2. The Bertz CT molecular complexity index is 179. The molecule has 0 heterocycles. The van der Waals surface area contributed by atoms with Gasteiger partial charge in [0, 0.05) is 0 Å². The molecule has 0 saturated heterocycles. The van der Waals surface area contributed by atoms with Crippen LogP contribution in [0.25, 0.3) is 0 Å². The van der Waals surface area contributed by atoms with Crippen LogP contribution < -0.4 is 0 Å². The molecule has 0 bridgehead atoms. The number of hydrogen-bond donors (Lipinski definition) is 2. The van der Waals surface area contributed by atoms with Gasteiger partial charge in [-0.25, -0.2) is 4.57 Å². The van der Waals surface area contributed by atoms with Crippen molar-refractivity contribution < 1.29 is 18.9 Å². The average molecular weight is 206 g/mol. The highest BCUT2D eigenvalue weighted by Crippen LogP contribution is 2.37. The molecule has 0 aromatic heterocycles. The molecule has 76 valence electrons. The summed E-state index contributed by atoms with van der Waals surface area (Å²) < 4.78 is 14.8. The Morgan fingerprint density at radius 3 is 2.31 bits per heavy atom. The Hall–Kier alpha value is 0.175. The molecular weight excluding hydrogens is 190 g/mol. The molecule has 0 aliphatic carbocycles. The van der Waals surface area contributed by atoms with Crippen LogP contribution in [0.3, 0.4) is 0 Å². The van der Waals surface area contributed by atoms with E-state index >= 15 is 0 Å². The maximum absolute atomic E-state index is 10.4. The summed E-state index contributed by atoms with van der Waals surface area (Å²) in [5.41, 5.74) is 0. The third-order valence-corrected chi connectivity index (χ3v) is 2.42. The molecule has 1 atom stereocenters. The smallest absolute Gasteiger partial charge is 0.303 e. The molecule has 2 radical (unpaired) electrons. The quantitative estimate of drug-likeness (QED) is 0.508. The molecule has 4 nitrogen and oxygen atoms in total. The number of phosphoric ester groups is 1. The van der Waals surface area contributed by atoms with Crippen LogP contribution in [0.4, 0.5) is 0 Å². The topological polar surface area (TPSA) is 66.8 Å². The van der Waals surface area contributed by atoms with Crippen molar-refractivity contribution in [3.63, 3.8) is 0 Å². The molecule has 0 rings (SSSR count). The first-order chi connectivity index (χ1) is 5.87. The first-order valence-corrected chi connectivity index (χ1v) is 5.80. The van der Waals surface area contributed by atoms with Crippen molar-refractivity contribution in [1.29, 1.82) is 0 Å². The predicted molar refractivity (Wildman–Crippen MR) is 51.5 cm³/mol. The first-order valence-electron chi connectivity index (χ1n) is 4.27. The lowest BCUT2D eigenvalue weighted by molar-refractivity contribution is 0.147. The van der Waals surface area contributed by atoms with E-state index < -0.39 is 7.82 Å². The normalized spacial score (nSPS) is 14.8. The van der Waals surface area contributed by atoms with Crippen molar-refractivity contribution >= 4 is 15.7 Å². The summed E-state index contributed by atoms with van der Waals surface area (Å²) in [4.78, 5) is 16.9. The summed E-state index contributed by atoms with van der Waals surface area (Å²) in [6, 6.07) is 0. The Kier molecular flexibility index (Phi) is 5.89. The van der Waals surface area contributed by atoms with E-state index in [2.05, 4.69) is 4.52 Å². The van der Waals surface area contributed by atoms with Crippen molar-refractivity contribution in [2.24, 2.45) is 11.8 Å². The standard InChI is InChI=1S/C7H16BO4P/c1-6(2)7(3-4-8)5-12-13(9,10)11/h6-7H,3-5H2,1-2H3,(H2,9,10,11). The molecular formula is C7H16BO4P. The number of phosphoric acid groups is 1. The zero-order valence-corrected chi connectivity index (χ0v) is 8.91. The first kappa shape index (κ1) is 13.2. The molecule has 1 unspecified atom stereocenters. The zero-order chi connectivity index (χ0) is 10.5. The van der Waals surface area contributed by atoms with Gasteiger partial charge in [0.25, 0.3) is 0 Å². The fraction of sp³-hybridized carbons (Fsp3) is 1.00. The molecule has 0 saturated carbocycles. The summed E-state index contributed by atoms with van der Waals surface area (Å²) >= 11 is 0. The molecule has 0 amide bonds. The maximum Gasteiger partial charge on any atom is 0.469 e. The lowest BCUT2D eigenvalue weighted by Gasteiger charge is -2.20. The minimum atomic E-state index is -4.32. The van der Waals surface area contributed by atoms with Crippen LogP contribution >= 0.6 is 7.82 Å². The molecule has 0 aliphatic heterocycles. The fourth-order valence-corrected chi connectivity index (χ4v) is 1.40. The van der Waals surface area contributed by atoms with Gasteiger partial charge in [0.1, 0.15) is 0 Å². The van der Waals surface area contributed by atoms with E-state index in [0.717, 1.165) is 6.42 Å². The van der Waals surface area contributed by atoms with Gasteiger partial charge < -0.3 is 9.79 Å². The van der Waals surface area contributed by atoms with Gasteiger partial charge in [0.05, 0.1) is 14.5 Å². The minimum Gasteiger partial charge on any atom is -0.303 e. The van der Waals surface area contributed by atoms with Crippen LogP contribution in [0.1, 0.15) is 20.3 Å². The van der Waals surface area contributed by atoms with Crippen molar-refractivity contribution in [1.82, 2.24) is 0 Å². The average Bonchev–Trinajstić information content (AvgIpc) is 1.95. The van der Waals surface area contributed by atoms with Crippen LogP contribution in [0, 0.1) is 11.8 Å². The fourth-order valence-electron chi connectivity index (χ4n) is 1.02. The summed E-state index contributed by atoms with van der Waals surface area (Å²) in [7, 11) is 1.03. The maximum atomic E-state index is 10.4. The molecule has 0 fully saturated rings. The SMILES string of the molecule is [B]CCC(COP(=O)(O)O)C(C)C. The van der Waals surface area contributed by atoms with Gasteiger partial charge in [-0.15, -0.1) is 0 Å². The van der Waals surface area contributed by atoms with E-state index in [1.165, 1.54) is 0 Å². The van der Waals surface area contributed by atoms with Gasteiger partial charge in [-0.1, -0.05) is 26.6 Å². The van der Waals surface area contributed by atoms with Crippen molar-refractivity contribution in [2.45, 2.75) is 26.6 Å². The molecule has 0 aliphatic rings. The van der Waals surface area contributed by atoms with E-state index in [-0.39, 0.29) is 12.5 Å². The molecule has 0 aromatic rings. The monoisotopic (exact) mass is 206 g/mol. The molecule has 0 aromatic carbocycles. The number of rotatable bonds is 6. The highest BCUT2D eigenvalue weighted by Gasteiger charge is 2.19. The lowest BCUT2D eigenvalue weighted by atomic mass is 9.87. The van der Waals surface area contributed by atoms with E-state index in [4.69, 9.17) is 17.6 Å². The Balaban J connectivity index is 3.90. The summed E-state index contributed by atoms with van der Waals surface area (Å²) in [6.45, 7) is 4.02. The summed E-state index contributed by atoms with van der Waals surface area (Å²) in [5, 5.41) is 0. The largest absolute Gasteiger partial charge is 0.469 e. The lowest BCUT2D eigenvalue weighted by Crippen LogP contribution is -2.15. The number of hydrogen-bond acceptors (Lipinski definition) is 2. The predicted octanol–water partition coefficient (Wildman–Crippen LogP) is 1.34. The van der Waals surface area contributed by atoms with Gasteiger partial charge in [-0.2, -0.15) is 0 Å². The molecule has 0 spiro atoms. The van der Waals surface area contributed by atoms with E-state index in [1.54, 1.807) is 0 Å². The van der Waals surface area contributed by atoms with Gasteiger partial charge in [0.15, 0.2) is 0 Å². The van der Waals surface area contributed by atoms with Crippen LogP contribution in [0.15, 0.2) is 0 Å². The molecule has 2 N–H and O–H groups in total. The van der Waals surface area contributed by atoms with E-state index in [1.807, 2.05) is 13.8 Å². The van der Waals surface area contributed by atoms with Gasteiger partial charge in [0.2, 0.25) is 0 Å². The van der Waals surface area contributed by atoms with Crippen molar-refractivity contribution in [2.75, 3.05) is 6.61 Å². The second kappa shape index (κ2) is 5.81. The Morgan fingerprint density at radius 2 is 2.00 bits per heavy atom. The second-order valence-corrected chi connectivity index (χ2v) is 4.61.